The third-order valence-electron chi connectivity index (χ3n) is 6.67. The molecule has 5 nitrogen and oxygen atoms in total. The number of hydrogen-bond acceptors (Lipinski definition) is 4. The lowest BCUT2D eigenvalue weighted by Crippen LogP contribution is -2.23. The molecule has 0 N–H and O–H groups in total. The molecule has 0 spiro atoms. The fraction of sp³-hybridized carbons (Fsp3) is 0.375. The van der Waals surface area contributed by atoms with Crippen LogP contribution < -0.4 is 4.74 Å². The van der Waals surface area contributed by atoms with E-state index >= 15 is 0 Å². The smallest absolute Gasteiger partial charge is 0.239 e. The zero-order valence-corrected chi connectivity index (χ0v) is 18.3. The van der Waals surface area contributed by atoms with Crippen LogP contribution in [0.3, 0.4) is 0 Å². The molecular weight excluding hydrogens is 415 g/mol. The second-order valence-corrected chi connectivity index (χ2v) is 8.83. The summed E-state index contributed by atoms with van der Waals surface area (Å²) in [5.74, 6) is 1.35. The minimum absolute atomic E-state index is 0.176. The normalized spacial score (nSPS) is 20.3. The summed E-state index contributed by atoms with van der Waals surface area (Å²) >= 11 is 6.10. The summed E-state index contributed by atoms with van der Waals surface area (Å²) in [4.78, 5) is 8.81. The molecule has 4 aromatic rings. The average Bonchev–Trinajstić information content (AvgIpc) is 3.15. The summed E-state index contributed by atoms with van der Waals surface area (Å²) < 4.78 is 21.5. The summed E-state index contributed by atoms with van der Waals surface area (Å²) in [6, 6.07) is 8.90. The Morgan fingerprint density at radius 2 is 1.90 bits per heavy atom. The van der Waals surface area contributed by atoms with Crippen LogP contribution in [0.15, 0.2) is 42.7 Å². The van der Waals surface area contributed by atoms with Crippen molar-refractivity contribution in [3.05, 3.63) is 59.1 Å². The minimum Gasteiger partial charge on any atom is -0.480 e. The van der Waals surface area contributed by atoms with Gasteiger partial charge in [-0.3, -0.25) is 4.98 Å². The van der Waals surface area contributed by atoms with Crippen molar-refractivity contribution in [2.45, 2.75) is 44.6 Å². The van der Waals surface area contributed by atoms with Crippen LogP contribution in [-0.2, 0) is 0 Å². The Morgan fingerprint density at radius 1 is 1.10 bits per heavy atom. The fourth-order valence-electron chi connectivity index (χ4n) is 5.01. The molecule has 1 fully saturated rings. The van der Waals surface area contributed by atoms with E-state index in [1.54, 1.807) is 25.4 Å². The highest BCUT2D eigenvalue weighted by Gasteiger charge is 2.30. The molecule has 0 saturated heterocycles. The number of pyridine rings is 2. The largest absolute Gasteiger partial charge is 0.480 e. The fourth-order valence-corrected chi connectivity index (χ4v) is 5.17. The lowest BCUT2D eigenvalue weighted by Gasteiger charge is -2.33. The van der Waals surface area contributed by atoms with Gasteiger partial charge in [0.25, 0.3) is 0 Å². The Labute approximate surface area is 185 Å². The summed E-state index contributed by atoms with van der Waals surface area (Å²) in [5, 5.41) is 6.24. The van der Waals surface area contributed by atoms with Crippen molar-refractivity contribution < 1.29 is 9.13 Å². The van der Waals surface area contributed by atoms with Crippen molar-refractivity contribution in [3.63, 3.8) is 0 Å². The van der Waals surface area contributed by atoms with Crippen LogP contribution >= 0.6 is 11.6 Å². The average molecular weight is 439 g/mol. The molecule has 0 amide bonds. The molecular formula is C24H24ClFN4O. The Hall–Kier alpha value is -2.73. The van der Waals surface area contributed by atoms with Crippen molar-refractivity contribution in [1.82, 2.24) is 19.7 Å². The molecule has 7 heteroatoms. The van der Waals surface area contributed by atoms with Gasteiger partial charge in [-0.1, -0.05) is 11.6 Å². The predicted molar refractivity (Wildman–Crippen MR) is 120 cm³/mol. The summed E-state index contributed by atoms with van der Waals surface area (Å²) in [5.41, 5.74) is 3.54. The van der Waals surface area contributed by atoms with Gasteiger partial charge in [0, 0.05) is 17.8 Å². The van der Waals surface area contributed by atoms with E-state index in [1.807, 2.05) is 16.9 Å². The third kappa shape index (κ3) is 3.63. The second-order valence-electron chi connectivity index (χ2n) is 8.39. The van der Waals surface area contributed by atoms with E-state index in [9.17, 15) is 4.39 Å². The predicted octanol–water partition coefficient (Wildman–Crippen LogP) is 6.32. The van der Waals surface area contributed by atoms with E-state index in [0.29, 0.717) is 22.7 Å². The summed E-state index contributed by atoms with van der Waals surface area (Å²) in [6.07, 6.45) is 7.70. The van der Waals surface area contributed by atoms with E-state index in [4.69, 9.17) is 21.4 Å². The van der Waals surface area contributed by atoms with E-state index in [1.165, 1.54) is 11.6 Å². The van der Waals surface area contributed by atoms with Gasteiger partial charge < -0.3 is 4.74 Å². The van der Waals surface area contributed by atoms with Crippen LogP contribution in [0, 0.1) is 11.7 Å². The topological polar surface area (TPSA) is 52.8 Å². The van der Waals surface area contributed by atoms with Crippen LogP contribution in [0.1, 0.15) is 50.1 Å². The van der Waals surface area contributed by atoms with Gasteiger partial charge >= 0.3 is 0 Å². The van der Waals surface area contributed by atoms with Gasteiger partial charge in [0.1, 0.15) is 11.3 Å². The van der Waals surface area contributed by atoms with Gasteiger partial charge in [-0.25, -0.2) is 14.1 Å². The highest BCUT2D eigenvalue weighted by atomic mass is 35.5. The van der Waals surface area contributed by atoms with Gasteiger partial charge in [0.15, 0.2) is 5.52 Å². The van der Waals surface area contributed by atoms with Crippen LogP contribution in [0.2, 0.25) is 5.02 Å². The first-order valence-electron chi connectivity index (χ1n) is 10.7. The van der Waals surface area contributed by atoms with E-state index < -0.39 is 0 Å². The Morgan fingerprint density at radius 3 is 2.68 bits per heavy atom. The van der Waals surface area contributed by atoms with E-state index in [-0.39, 0.29) is 11.9 Å². The summed E-state index contributed by atoms with van der Waals surface area (Å²) in [7, 11) is 1.65. The number of rotatable bonds is 4. The maximum atomic E-state index is 13.9. The van der Waals surface area contributed by atoms with Gasteiger partial charge in [-0.05, 0) is 80.3 Å². The molecule has 160 valence electrons. The maximum Gasteiger partial charge on any atom is 0.239 e. The number of nitrogens with zero attached hydrogens (tertiary/aromatic N) is 4. The monoisotopic (exact) mass is 438 g/mol. The highest BCUT2D eigenvalue weighted by Crippen LogP contribution is 2.43. The van der Waals surface area contributed by atoms with Gasteiger partial charge in [-0.15, -0.1) is 0 Å². The minimum atomic E-state index is -0.212. The number of benzene rings is 1. The molecule has 1 aliphatic carbocycles. The number of methoxy groups -OCH3 is 1. The number of fused-ring (bicyclic) bond motifs is 2. The second kappa shape index (κ2) is 8.08. The Bertz CT molecular complexity index is 1250. The first-order valence-corrected chi connectivity index (χ1v) is 11.0. The molecule has 31 heavy (non-hydrogen) atoms. The van der Waals surface area contributed by atoms with Crippen molar-refractivity contribution in [1.29, 1.82) is 0 Å². The molecule has 5 rings (SSSR count). The lowest BCUT2D eigenvalue weighted by molar-refractivity contribution is 0.219. The molecule has 3 heterocycles. The summed E-state index contributed by atoms with van der Waals surface area (Å²) in [6.45, 7) is 2.19. The first-order chi connectivity index (χ1) is 15.0. The number of aromatic nitrogens is 4. The van der Waals surface area contributed by atoms with Gasteiger partial charge in [0.05, 0.1) is 23.7 Å². The van der Waals surface area contributed by atoms with E-state index in [2.05, 4.69) is 23.0 Å². The standard InChI is InChI=1S/C24H24ClFN4O/c1-14(30-24(31-2)23-22(29-30)11-17(25)13-28-23)15-3-5-16(6-4-15)19-9-10-27-21-8-7-18(26)12-20(19)21/h7-16H,3-6H2,1-2H3/t14-,15-,16+/m1/s1. The molecule has 1 aromatic carbocycles. The molecule has 0 bridgehead atoms. The molecule has 0 aliphatic heterocycles. The van der Waals surface area contributed by atoms with Crippen molar-refractivity contribution in [2.75, 3.05) is 7.11 Å². The zero-order valence-electron chi connectivity index (χ0n) is 17.6. The van der Waals surface area contributed by atoms with Crippen LogP contribution in [0.25, 0.3) is 21.9 Å². The van der Waals surface area contributed by atoms with E-state index in [0.717, 1.165) is 47.6 Å². The highest BCUT2D eigenvalue weighted by molar-refractivity contribution is 6.31. The van der Waals surface area contributed by atoms with Crippen LogP contribution in [-0.4, -0.2) is 26.9 Å². The number of hydrogen-bond donors (Lipinski definition) is 0. The van der Waals surface area contributed by atoms with Crippen LogP contribution in [0.5, 0.6) is 5.88 Å². The van der Waals surface area contributed by atoms with Crippen molar-refractivity contribution in [2.24, 2.45) is 5.92 Å². The van der Waals surface area contributed by atoms with Gasteiger partial charge in [0.2, 0.25) is 5.88 Å². The van der Waals surface area contributed by atoms with Crippen molar-refractivity contribution in [3.8, 4) is 5.88 Å². The quantitative estimate of drug-likeness (QED) is 0.374. The molecule has 1 aliphatic rings. The van der Waals surface area contributed by atoms with Gasteiger partial charge in [-0.2, -0.15) is 5.10 Å². The lowest BCUT2D eigenvalue weighted by atomic mass is 9.75. The molecule has 3 aromatic heterocycles. The third-order valence-corrected chi connectivity index (χ3v) is 6.88. The number of ether oxygens (including phenoxy) is 1. The first kappa shape index (κ1) is 20.2. The zero-order chi connectivity index (χ0) is 21.5. The maximum absolute atomic E-state index is 13.9. The Balaban J connectivity index is 1.38. The van der Waals surface area contributed by atoms with Crippen molar-refractivity contribution >= 4 is 33.5 Å². The molecule has 1 saturated carbocycles. The van der Waals surface area contributed by atoms with Crippen LogP contribution in [0.4, 0.5) is 4.39 Å². The molecule has 0 unspecified atom stereocenters. The molecule has 1 atom stereocenters. The Kier molecular flexibility index (Phi) is 5.26. The number of halogens is 2. The SMILES string of the molecule is COc1c2ncc(Cl)cc2nn1[C@H](C)[C@H]1CC[C@@H](c2ccnc3ccc(F)cc32)CC1. The molecule has 0 radical (unpaired) electrons.